The molecule has 1 unspecified atom stereocenters. The maximum Gasteiger partial charge on any atom is 0.232 e. The van der Waals surface area contributed by atoms with Crippen molar-refractivity contribution >= 4 is 23.1 Å². The second-order valence-electron chi connectivity index (χ2n) is 4.10. The minimum atomic E-state index is -0.348. The normalized spacial score (nSPS) is 19.5. The summed E-state index contributed by atoms with van der Waals surface area (Å²) < 4.78 is 5.53. The first-order valence-electron chi connectivity index (χ1n) is 5.76. The zero-order valence-electron chi connectivity index (χ0n) is 9.94. The number of ether oxygens (including phenoxy) is 1. The second kappa shape index (κ2) is 6.15. The third kappa shape index (κ3) is 3.42. The SMILES string of the molecule is CCOC1CCN(C(=O)C(C)C(N)=S)CC1. The molecule has 2 N–H and O–H groups in total. The van der Waals surface area contributed by atoms with Gasteiger partial charge in [-0.3, -0.25) is 4.79 Å². The summed E-state index contributed by atoms with van der Waals surface area (Å²) in [5.74, 6) is -0.305. The molecule has 0 spiro atoms. The summed E-state index contributed by atoms with van der Waals surface area (Å²) in [5.41, 5.74) is 5.48. The molecule has 1 saturated heterocycles. The van der Waals surface area contributed by atoms with Crippen molar-refractivity contribution in [2.24, 2.45) is 11.7 Å². The zero-order valence-corrected chi connectivity index (χ0v) is 10.8. The van der Waals surface area contributed by atoms with Gasteiger partial charge >= 0.3 is 0 Å². The van der Waals surface area contributed by atoms with Crippen LogP contribution in [0.1, 0.15) is 26.7 Å². The molecule has 16 heavy (non-hydrogen) atoms. The number of amides is 1. The Labute approximate surface area is 102 Å². The number of nitrogens with zero attached hydrogens (tertiary/aromatic N) is 1. The van der Waals surface area contributed by atoms with E-state index in [4.69, 9.17) is 22.7 Å². The highest BCUT2D eigenvalue weighted by molar-refractivity contribution is 7.80. The van der Waals surface area contributed by atoms with Gasteiger partial charge in [-0.25, -0.2) is 0 Å². The van der Waals surface area contributed by atoms with Crippen molar-refractivity contribution in [2.45, 2.75) is 32.8 Å². The zero-order chi connectivity index (χ0) is 12.1. The van der Waals surface area contributed by atoms with E-state index in [1.54, 1.807) is 6.92 Å². The van der Waals surface area contributed by atoms with E-state index in [2.05, 4.69) is 0 Å². The second-order valence-corrected chi connectivity index (χ2v) is 4.58. The Morgan fingerprint density at radius 1 is 1.56 bits per heavy atom. The van der Waals surface area contributed by atoms with Crippen LogP contribution in [-0.4, -0.2) is 41.6 Å². The quantitative estimate of drug-likeness (QED) is 0.748. The number of nitrogens with two attached hydrogens (primary N) is 1. The smallest absolute Gasteiger partial charge is 0.232 e. The number of likely N-dealkylation sites (tertiary alicyclic amines) is 1. The summed E-state index contributed by atoms with van der Waals surface area (Å²) in [6.07, 6.45) is 2.11. The van der Waals surface area contributed by atoms with Crippen molar-refractivity contribution in [3.8, 4) is 0 Å². The van der Waals surface area contributed by atoms with E-state index >= 15 is 0 Å². The topological polar surface area (TPSA) is 55.6 Å². The van der Waals surface area contributed by atoms with E-state index in [1.807, 2.05) is 11.8 Å². The van der Waals surface area contributed by atoms with Crippen LogP contribution < -0.4 is 5.73 Å². The van der Waals surface area contributed by atoms with Crippen molar-refractivity contribution in [2.75, 3.05) is 19.7 Å². The van der Waals surface area contributed by atoms with E-state index < -0.39 is 0 Å². The Balaban J connectivity index is 2.41. The summed E-state index contributed by atoms with van der Waals surface area (Å²) in [5, 5.41) is 0. The highest BCUT2D eigenvalue weighted by Crippen LogP contribution is 2.15. The maximum absolute atomic E-state index is 11.9. The number of rotatable bonds is 4. The van der Waals surface area contributed by atoms with Gasteiger partial charge in [0.15, 0.2) is 0 Å². The average Bonchev–Trinajstić information content (AvgIpc) is 2.28. The lowest BCUT2D eigenvalue weighted by molar-refractivity contribution is -0.135. The Morgan fingerprint density at radius 3 is 2.56 bits per heavy atom. The minimum Gasteiger partial charge on any atom is -0.393 e. The fourth-order valence-corrected chi connectivity index (χ4v) is 1.97. The Morgan fingerprint density at radius 2 is 2.12 bits per heavy atom. The lowest BCUT2D eigenvalue weighted by Crippen LogP contribution is -2.45. The minimum absolute atomic E-state index is 0.0439. The number of thiocarbonyl (C=S) groups is 1. The maximum atomic E-state index is 11.9. The van der Waals surface area contributed by atoms with Gasteiger partial charge < -0.3 is 15.4 Å². The van der Waals surface area contributed by atoms with E-state index in [0.717, 1.165) is 32.5 Å². The average molecular weight is 244 g/mol. The predicted octanol–water partition coefficient (Wildman–Crippen LogP) is 0.936. The highest BCUT2D eigenvalue weighted by atomic mass is 32.1. The number of carbonyl (C=O) groups excluding carboxylic acids is 1. The lowest BCUT2D eigenvalue weighted by atomic mass is 10.0. The third-order valence-electron chi connectivity index (χ3n) is 2.95. The summed E-state index contributed by atoms with van der Waals surface area (Å²) >= 11 is 4.83. The van der Waals surface area contributed by atoms with Crippen LogP contribution in [0.5, 0.6) is 0 Å². The van der Waals surface area contributed by atoms with Crippen molar-refractivity contribution in [3.05, 3.63) is 0 Å². The first-order chi connectivity index (χ1) is 7.56. The molecule has 1 aliphatic heterocycles. The standard InChI is InChI=1S/C11H20N2O2S/c1-3-15-9-4-6-13(7-5-9)11(14)8(2)10(12)16/h8-9H,3-7H2,1-2H3,(H2,12,16). The molecule has 1 atom stereocenters. The van der Waals surface area contributed by atoms with Gasteiger partial charge in [-0.1, -0.05) is 12.2 Å². The van der Waals surface area contributed by atoms with Gasteiger partial charge in [-0.05, 0) is 26.7 Å². The molecule has 0 aliphatic carbocycles. The van der Waals surface area contributed by atoms with Crippen molar-refractivity contribution in [1.29, 1.82) is 0 Å². The number of carbonyl (C=O) groups is 1. The van der Waals surface area contributed by atoms with Crippen LogP contribution in [0, 0.1) is 5.92 Å². The summed E-state index contributed by atoms with van der Waals surface area (Å²) in [7, 11) is 0. The molecule has 92 valence electrons. The molecule has 1 amide bonds. The molecule has 5 heteroatoms. The summed E-state index contributed by atoms with van der Waals surface area (Å²) in [4.78, 5) is 14.0. The molecule has 0 aromatic carbocycles. The molecule has 0 aromatic heterocycles. The van der Waals surface area contributed by atoms with Gasteiger partial charge in [0, 0.05) is 19.7 Å². The highest BCUT2D eigenvalue weighted by Gasteiger charge is 2.27. The Kier molecular flexibility index (Phi) is 5.15. The van der Waals surface area contributed by atoms with Crippen molar-refractivity contribution < 1.29 is 9.53 Å². The molecule has 1 aliphatic rings. The van der Waals surface area contributed by atoms with Crippen LogP contribution in [0.2, 0.25) is 0 Å². The van der Waals surface area contributed by atoms with Crippen LogP contribution in [0.3, 0.4) is 0 Å². The molecule has 0 bridgehead atoms. The number of hydrogen-bond acceptors (Lipinski definition) is 3. The molecule has 4 nitrogen and oxygen atoms in total. The van der Waals surface area contributed by atoms with Gasteiger partial charge in [0.1, 0.15) is 0 Å². The first kappa shape index (κ1) is 13.4. The van der Waals surface area contributed by atoms with Crippen LogP contribution in [0.15, 0.2) is 0 Å². The van der Waals surface area contributed by atoms with Crippen LogP contribution in [-0.2, 0) is 9.53 Å². The number of hydrogen-bond donors (Lipinski definition) is 1. The van der Waals surface area contributed by atoms with Gasteiger partial charge in [0.25, 0.3) is 0 Å². The fraction of sp³-hybridized carbons (Fsp3) is 0.818. The van der Waals surface area contributed by atoms with Crippen LogP contribution in [0.25, 0.3) is 0 Å². The van der Waals surface area contributed by atoms with Gasteiger partial charge in [-0.15, -0.1) is 0 Å². The van der Waals surface area contributed by atoms with E-state index in [1.165, 1.54) is 0 Å². The largest absolute Gasteiger partial charge is 0.393 e. The first-order valence-corrected chi connectivity index (χ1v) is 6.16. The molecule has 0 radical (unpaired) electrons. The fourth-order valence-electron chi connectivity index (χ4n) is 1.87. The van der Waals surface area contributed by atoms with E-state index in [-0.39, 0.29) is 16.8 Å². The Hall–Kier alpha value is -0.680. The Bertz CT molecular complexity index is 263. The molecular weight excluding hydrogens is 224 g/mol. The number of piperidine rings is 1. The van der Waals surface area contributed by atoms with Crippen molar-refractivity contribution in [3.63, 3.8) is 0 Å². The molecule has 0 saturated carbocycles. The van der Waals surface area contributed by atoms with Gasteiger partial charge in [-0.2, -0.15) is 0 Å². The molecule has 1 heterocycles. The van der Waals surface area contributed by atoms with Gasteiger partial charge in [0.05, 0.1) is 17.0 Å². The summed E-state index contributed by atoms with van der Waals surface area (Å²) in [6, 6.07) is 0. The molecule has 1 rings (SSSR count). The van der Waals surface area contributed by atoms with Crippen molar-refractivity contribution in [1.82, 2.24) is 4.90 Å². The summed E-state index contributed by atoms with van der Waals surface area (Å²) in [6.45, 7) is 5.99. The molecule has 0 aromatic rings. The monoisotopic (exact) mass is 244 g/mol. The van der Waals surface area contributed by atoms with Crippen LogP contribution >= 0.6 is 12.2 Å². The van der Waals surface area contributed by atoms with Crippen LogP contribution in [0.4, 0.5) is 0 Å². The predicted molar refractivity (Wildman–Crippen MR) is 67.2 cm³/mol. The van der Waals surface area contributed by atoms with E-state index in [9.17, 15) is 4.79 Å². The molecular formula is C11H20N2O2S. The molecule has 1 fully saturated rings. The lowest BCUT2D eigenvalue weighted by Gasteiger charge is -2.33. The third-order valence-corrected chi connectivity index (χ3v) is 3.31. The van der Waals surface area contributed by atoms with Gasteiger partial charge in [0.2, 0.25) is 5.91 Å². The van der Waals surface area contributed by atoms with E-state index in [0.29, 0.717) is 6.10 Å².